The van der Waals surface area contributed by atoms with Crippen molar-refractivity contribution in [3.63, 3.8) is 0 Å². The Morgan fingerprint density at radius 2 is 1.81 bits per heavy atom. The molecular weight excluding hydrogens is 290 g/mol. The van der Waals surface area contributed by atoms with E-state index in [-0.39, 0.29) is 21.9 Å². The lowest BCUT2D eigenvalue weighted by Gasteiger charge is -2.08. The predicted octanol–water partition coefficient (Wildman–Crippen LogP) is 1.90. The summed E-state index contributed by atoms with van der Waals surface area (Å²) < 4.78 is 29.2. The van der Waals surface area contributed by atoms with Gasteiger partial charge >= 0.3 is 10.1 Å². The van der Waals surface area contributed by atoms with Crippen LogP contribution in [-0.2, 0) is 10.1 Å². The quantitative estimate of drug-likeness (QED) is 0.802. The van der Waals surface area contributed by atoms with E-state index in [1.54, 1.807) is 24.3 Å². The van der Waals surface area contributed by atoms with Gasteiger partial charge in [0, 0.05) is 12.3 Å². The molecule has 1 heterocycles. The van der Waals surface area contributed by atoms with E-state index in [0.29, 0.717) is 0 Å². The molecule has 1 aromatic carbocycles. The molecule has 1 aromatic heterocycles. The highest BCUT2D eigenvalue weighted by molar-refractivity contribution is 7.87. The van der Waals surface area contributed by atoms with Crippen molar-refractivity contribution in [3.05, 3.63) is 53.3 Å². The van der Waals surface area contributed by atoms with Gasteiger partial charge in [-0.25, -0.2) is 4.98 Å². The topological polar surface area (TPSA) is 104 Å². The zero-order valence-corrected chi connectivity index (χ0v) is 11.8. The van der Waals surface area contributed by atoms with Crippen LogP contribution in [0.25, 0.3) is 0 Å². The summed E-state index contributed by atoms with van der Waals surface area (Å²) in [7, 11) is -4.09. The molecule has 6 nitrogen and oxygen atoms in total. The van der Waals surface area contributed by atoms with Gasteiger partial charge in [-0.15, -0.1) is 0 Å². The molecule has 0 spiro atoms. The van der Waals surface area contributed by atoms with Gasteiger partial charge in [-0.1, -0.05) is 17.7 Å². The van der Waals surface area contributed by atoms with Gasteiger partial charge in [0.2, 0.25) is 0 Å². The monoisotopic (exact) mass is 299 g/mol. The van der Waals surface area contributed by atoms with Crippen LogP contribution in [0.15, 0.2) is 41.4 Å². The fourth-order valence-electron chi connectivity index (χ4n) is 1.52. The van der Waals surface area contributed by atoms with Gasteiger partial charge in [-0.05, 0) is 19.1 Å². The molecule has 2 aromatic rings. The van der Waals surface area contributed by atoms with Crippen LogP contribution in [0.3, 0.4) is 0 Å². The van der Waals surface area contributed by atoms with Crippen LogP contribution in [0, 0.1) is 29.6 Å². The Bertz CT molecular complexity index is 860. The summed E-state index contributed by atoms with van der Waals surface area (Å²) in [6.07, 6.45) is 1.17. The highest BCUT2D eigenvalue weighted by Gasteiger charge is 2.19. The van der Waals surface area contributed by atoms with Crippen LogP contribution in [-0.4, -0.2) is 13.4 Å². The first-order valence-corrected chi connectivity index (χ1v) is 7.18. The van der Waals surface area contributed by atoms with E-state index in [9.17, 15) is 8.42 Å². The van der Waals surface area contributed by atoms with Gasteiger partial charge in [0.25, 0.3) is 0 Å². The highest BCUT2D eigenvalue weighted by Crippen LogP contribution is 2.22. The molecule has 0 atom stereocenters. The Hall–Kier alpha value is -2.90. The molecule has 21 heavy (non-hydrogen) atoms. The summed E-state index contributed by atoms with van der Waals surface area (Å²) in [6.45, 7) is 1.82. The van der Waals surface area contributed by atoms with Crippen molar-refractivity contribution < 1.29 is 12.6 Å². The Balaban J connectivity index is 2.44. The van der Waals surface area contributed by atoms with E-state index in [4.69, 9.17) is 14.7 Å². The van der Waals surface area contributed by atoms with Gasteiger partial charge in [0.1, 0.15) is 17.0 Å². The number of benzene rings is 1. The summed E-state index contributed by atoms with van der Waals surface area (Å²) in [5.41, 5.74) is 0.799. The van der Waals surface area contributed by atoms with E-state index < -0.39 is 10.1 Å². The van der Waals surface area contributed by atoms with Gasteiger partial charge in [0.05, 0.1) is 5.56 Å². The van der Waals surface area contributed by atoms with E-state index in [0.717, 1.165) is 11.6 Å². The summed E-state index contributed by atoms with van der Waals surface area (Å²) in [6, 6.07) is 10.8. The van der Waals surface area contributed by atoms with Gasteiger partial charge < -0.3 is 4.18 Å². The number of rotatable bonds is 3. The average molecular weight is 299 g/mol. The summed E-state index contributed by atoms with van der Waals surface area (Å²) >= 11 is 0. The minimum Gasteiger partial charge on any atom is -0.376 e. The first-order chi connectivity index (χ1) is 9.96. The summed E-state index contributed by atoms with van der Waals surface area (Å²) in [5.74, 6) is -0.267. The molecule has 104 valence electrons. The first-order valence-electron chi connectivity index (χ1n) is 5.77. The maximum Gasteiger partial charge on any atom is 0.339 e. The van der Waals surface area contributed by atoms with Crippen molar-refractivity contribution in [2.24, 2.45) is 0 Å². The number of nitriles is 2. The van der Waals surface area contributed by atoms with Gasteiger partial charge in [0.15, 0.2) is 11.4 Å². The third-order valence-electron chi connectivity index (χ3n) is 2.60. The SMILES string of the molecule is Cc1ccc(S(=O)(=O)Oc2cc(C#N)cnc2C#N)cc1. The van der Waals surface area contributed by atoms with Crippen molar-refractivity contribution >= 4 is 10.1 Å². The number of pyridine rings is 1. The number of aromatic nitrogens is 1. The Kier molecular flexibility index (Phi) is 3.88. The van der Waals surface area contributed by atoms with E-state index in [1.807, 2.05) is 6.92 Å². The molecule has 2 rings (SSSR count). The fourth-order valence-corrected chi connectivity index (χ4v) is 2.45. The Labute approximate surface area is 122 Å². The molecule has 0 amide bonds. The minimum atomic E-state index is -4.09. The fraction of sp³-hybridized carbons (Fsp3) is 0.0714. The van der Waals surface area contributed by atoms with Crippen molar-refractivity contribution in [2.45, 2.75) is 11.8 Å². The Morgan fingerprint density at radius 3 is 2.38 bits per heavy atom. The minimum absolute atomic E-state index is 0.0423. The van der Waals surface area contributed by atoms with Crippen molar-refractivity contribution in [2.75, 3.05) is 0 Å². The number of aryl methyl sites for hydroxylation is 1. The smallest absolute Gasteiger partial charge is 0.339 e. The molecule has 7 heteroatoms. The van der Waals surface area contributed by atoms with Crippen molar-refractivity contribution in [1.82, 2.24) is 4.98 Å². The van der Waals surface area contributed by atoms with E-state index in [2.05, 4.69) is 4.98 Å². The molecular formula is C14H9N3O3S. The first kappa shape index (κ1) is 14.5. The Morgan fingerprint density at radius 1 is 1.14 bits per heavy atom. The van der Waals surface area contributed by atoms with Crippen LogP contribution in [0.1, 0.15) is 16.8 Å². The molecule has 0 saturated heterocycles. The number of hydrogen-bond acceptors (Lipinski definition) is 6. The summed E-state index contributed by atoms with van der Waals surface area (Å²) in [4.78, 5) is 3.64. The van der Waals surface area contributed by atoms with Crippen LogP contribution in [0.4, 0.5) is 0 Å². The summed E-state index contributed by atoms with van der Waals surface area (Å²) in [5, 5.41) is 17.7. The maximum absolute atomic E-state index is 12.1. The van der Waals surface area contributed by atoms with Crippen molar-refractivity contribution in [1.29, 1.82) is 10.5 Å². The molecule has 0 bridgehead atoms. The maximum atomic E-state index is 12.1. The van der Waals surface area contributed by atoms with Gasteiger partial charge in [-0.3, -0.25) is 0 Å². The largest absolute Gasteiger partial charge is 0.376 e. The lowest BCUT2D eigenvalue weighted by molar-refractivity contribution is 0.484. The highest BCUT2D eigenvalue weighted by atomic mass is 32.2. The normalized spacial score (nSPS) is 10.4. The second-order valence-corrected chi connectivity index (χ2v) is 5.69. The average Bonchev–Trinajstić information content (AvgIpc) is 2.47. The third kappa shape index (κ3) is 3.16. The number of nitrogens with zero attached hydrogens (tertiary/aromatic N) is 3. The zero-order chi connectivity index (χ0) is 15.5. The van der Waals surface area contributed by atoms with Gasteiger partial charge in [-0.2, -0.15) is 18.9 Å². The third-order valence-corrected chi connectivity index (χ3v) is 3.85. The number of hydrogen-bond donors (Lipinski definition) is 0. The molecule has 0 fully saturated rings. The second-order valence-electron chi connectivity index (χ2n) is 4.14. The molecule has 0 aliphatic rings. The lowest BCUT2D eigenvalue weighted by atomic mass is 10.2. The van der Waals surface area contributed by atoms with E-state index in [1.165, 1.54) is 18.3 Å². The standard InChI is InChI=1S/C14H9N3O3S/c1-10-2-4-12(5-3-10)21(18,19)20-14-6-11(7-15)9-17-13(14)8-16/h2-6,9H,1H3. The van der Waals surface area contributed by atoms with E-state index >= 15 is 0 Å². The molecule has 0 aliphatic heterocycles. The molecule has 0 unspecified atom stereocenters. The lowest BCUT2D eigenvalue weighted by Crippen LogP contribution is -2.11. The molecule has 0 aliphatic carbocycles. The zero-order valence-electron chi connectivity index (χ0n) is 10.9. The predicted molar refractivity (Wildman–Crippen MR) is 72.7 cm³/mol. The van der Waals surface area contributed by atoms with Crippen LogP contribution in [0.2, 0.25) is 0 Å². The molecule has 0 radical (unpaired) electrons. The molecule has 0 N–H and O–H groups in total. The second kappa shape index (κ2) is 5.61. The van der Waals surface area contributed by atoms with Crippen molar-refractivity contribution in [3.8, 4) is 17.9 Å². The molecule has 0 saturated carbocycles. The van der Waals surface area contributed by atoms with Crippen LogP contribution < -0.4 is 4.18 Å². The van der Waals surface area contributed by atoms with Crippen LogP contribution >= 0.6 is 0 Å². The van der Waals surface area contributed by atoms with Crippen LogP contribution in [0.5, 0.6) is 5.75 Å².